The van der Waals surface area contributed by atoms with E-state index in [2.05, 4.69) is 136 Å². The Morgan fingerprint density at radius 3 is 2.17 bits per heavy atom. The van der Waals surface area contributed by atoms with Crippen LogP contribution < -0.4 is 9.13 Å². The van der Waals surface area contributed by atoms with Crippen LogP contribution in [0.15, 0.2) is 97.3 Å². The lowest BCUT2D eigenvalue weighted by molar-refractivity contribution is -0.711. The molecule has 2 aromatic carbocycles. The molecule has 0 amide bonds. The van der Waals surface area contributed by atoms with Gasteiger partial charge >= 0.3 is 0 Å². The van der Waals surface area contributed by atoms with Gasteiger partial charge in [0.15, 0.2) is 18.1 Å². The fraction of sp³-hybridized carbons (Fsp3) is 0.333. The number of hydrogen-bond donors (Lipinski definition) is 0. The summed E-state index contributed by atoms with van der Waals surface area (Å²) in [5.41, 5.74) is 12.9. The van der Waals surface area contributed by atoms with Crippen LogP contribution in [0, 0.1) is 13.8 Å². The zero-order chi connectivity index (χ0) is 31.0. The first-order chi connectivity index (χ1) is 22.7. The summed E-state index contributed by atoms with van der Waals surface area (Å²) in [6.45, 7) is 9.05. The van der Waals surface area contributed by atoms with Crippen molar-refractivity contribution in [2.45, 2.75) is 90.9 Å². The van der Waals surface area contributed by atoms with Crippen molar-refractivity contribution in [2.75, 3.05) is 0 Å². The molecule has 0 fully saturated rings. The molecule has 46 heavy (non-hydrogen) atoms. The second-order valence-corrected chi connectivity index (χ2v) is 13.5. The molecule has 6 aromatic rings. The van der Waals surface area contributed by atoms with Gasteiger partial charge in [-0.05, 0) is 75.8 Å². The van der Waals surface area contributed by atoms with Crippen LogP contribution in [-0.2, 0) is 32.6 Å². The molecule has 4 heteroatoms. The molecule has 6 heterocycles. The maximum Gasteiger partial charge on any atom is 0.208 e. The van der Waals surface area contributed by atoms with E-state index in [1.165, 1.54) is 75.0 Å². The van der Waals surface area contributed by atoms with Gasteiger partial charge in [0.25, 0.3) is 0 Å². The fourth-order valence-electron chi connectivity index (χ4n) is 8.54. The van der Waals surface area contributed by atoms with E-state index in [-0.39, 0.29) is 0 Å². The molecule has 4 aromatic heterocycles. The van der Waals surface area contributed by atoms with Gasteiger partial charge in [0.2, 0.25) is 5.69 Å². The van der Waals surface area contributed by atoms with Gasteiger partial charge < -0.3 is 9.13 Å². The maximum atomic E-state index is 2.61. The number of nitrogens with zero attached hydrogens (tertiary/aromatic N) is 4. The van der Waals surface area contributed by atoms with Crippen molar-refractivity contribution in [2.24, 2.45) is 0 Å². The predicted octanol–water partition coefficient (Wildman–Crippen LogP) is 8.72. The summed E-state index contributed by atoms with van der Waals surface area (Å²) in [7, 11) is 0. The van der Waals surface area contributed by atoms with Gasteiger partial charge in [0.1, 0.15) is 13.1 Å². The Balaban J connectivity index is 1.03. The van der Waals surface area contributed by atoms with Gasteiger partial charge in [0.05, 0.1) is 0 Å². The molecule has 2 aliphatic heterocycles. The number of allylic oxidation sites excluding steroid dienone is 1. The molecule has 4 nitrogen and oxygen atoms in total. The highest BCUT2D eigenvalue weighted by atomic mass is 15.0. The SMILES string of the molecule is Cc1c(/C=C2\CCC[n+]3ccccc32)c2ccccc2n1CCCCn1c(C)c(CC2CCC[n+]3ccccc32)c2ccccc21. The fourth-order valence-corrected chi connectivity index (χ4v) is 8.54. The zero-order valence-corrected chi connectivity index (χ0v) is 27.5. The highest BCUT2D eigenvalue weighted by Gasteiger charge is 2.28. The Morgan fingerprint density at radius 1 is 0.696 bits per heavy atom. The molecule has 0 saturated carbocycles. The number of fused-ring (bicyclic) bond motifs is 4. The highest BCUT2D eigenvalue weighted by molar-refractivity contribution is 5.96. The molecule has 8 rings (SSSR count). The van der Waals surface area contributed by atoms with Crippen LogP contribution in [-0.4, -0.2) is 9.13 Å². The van der Waals surface area contributed by atoms with Crippen molar-refractivity contribution in [3.05, 3.63) is 131 Å². The van der Waals surface area contributed by atoms with Gasteiger partial charge in [-0.1, -0.05) is 42.5 Å². The number of rotatable bonds is 8. The third-order valence-electron chi connectivity index (χ3n) is 10.9. The van der Waals surface area contributed by atoms with Gasteiger partial charge in [-0.25, -0.2) is 4.57 Å². The average molecular weight is 607 g/mol. The second kappa shape index (κ2) is 12.4. The lowest BCUT2D eigenvalue weighted by Gasteiger charge is -2.20. The van der Waals surface area contributed by atoms with Gasteiger partial charge in [-0.15, -0.1) is 0 Å². The number of pyridine rings is 2. The van der Waals surface area contributed by atoms with Gasteiger partial charge in [-0.3, -0.25) is 0 Å². The number of hydrogen-bond acceptors (Lipinski definition) is 0. The Morgan fingerprint density at radius 2 is 1.35 bits per heavy atom. The van der Waals surface area contributed by atoms with E-state index in [0.29, 0.717) is 5.92 Å². The molecular weight excluding hydrogens is 560 g/mol. The summed E-state index contributed by atoms with van der Waals surface area (Å²) in [5, 5.41) is 2.82. The van der Waals surface area contributed by atoms with Crippen LogP contribution in [0.5, 0.6) is 0 Å². The average Bonchev–Trinajstić information content (AvgIpc) is 3.52. The van der Waals surface area contributed by atoms with Crippen molar-refractivity contribution >= 4 is 33.5 Å². The lowest BCUT2D eigenvalue weighted by Crippen LogP contribution is -2.42. The van der Waals surface area contributed by atoms with E-state index in [1.54, 1.807) is 5.56 Å². The predicted molar refractivity (Wildman–Crippen MR) is 189 cm³/mol. The summed E-state index contributed by atoms with van der Waals surface area (Å²) < 4.78 is 10.1. The van der Waals surface area contributed by atoms with E-state index >= 15 is 0 Å². The summed E-state index contributed by atoms with van der Waals surface area (Å²) in [4.78, 5) is 0. The van der Waals surface area contributed by atoms with Crippen molar-refractivity contribution in [1.29, 1.82) is 0 Å². The molecular formula is C42H46N4+2. The van der Waals surface area contributed by atoms with Crippen LogP contribution in [0.4, 0.5) is 0 Å². The van der Waals surface area contributed by atoms with E-state index in [1.807, 2.05) is 0 Å². The molecule has 2 aliphatic rings. The Kier molecular flexibility index (Phi) is 7.81. The second-order valence-electron chi connectivity index (χ2n) is 13.5. The van der Waals surface area contributed by atoms with E-state index < -0.39 is 0 Å². The van der Waals surface area contributed by atoms with Crippen molar-refractivity contribution in [3.8, 4) is 0 Å². The summed E-state index contributed by atoms with van der Waals surface area (Å²) in [5.74, 6) is 0.586. The van der Waals surface area contributed by atoms with Crippen LogP contribution in [0.1, 0.15) is 78.3 Å². The number of unbranched alkanes of at least 4 members (excludes halogenated alkanes) is 1. The minimum Gasteiger partial charge on any atom is -0.345 e. The monoisotopic (exact) mass is 606 g/mol. The molecule has 0 saturated heterocycles. The number of para-hydroxylation sites is 2. The standard InChI is InChI=1S/C42H46N4/c1-31-37(29-33-15-13-25-43-23-9-7-19-39(33)43)35-17-3-5-21-41(35)45(31)27-11-12-28-46-32(2)38(36-18-4-6-22-42(36)46)30-34-16-14-26-44-24-10-8-20-40(34)44/h3-10,17-24,29,34H,11-16,25-28,30H2,1-2H3/q+2. The van der Waals surface area contributed by atoms with Crippen LogP contribution >= 0.6 is 0 Å². The van der Waals surface area contributed by atoms with Crippen LogP contribution in [0.2, 0.25) is 0 Å². The molecule has 0 bridgehead atoms. The smallest absolute Gasteiger partial charge is 0.208 e. The quantitative estimate of drug-likeness (QED) is 0.122. The molecule has 1 unspecified atom stereocenters. The van der Waals surface area contributed by atoms with Gasteiger partial charge in [0, 0.05) is 100 Å². The number of aryl methyl sites for hydroxylation is 4. The molecule has 0 N–H and O–H groups in total. The van der Waals surface area contributed by atoms with E-state index in [4.69, 9.17) is 0 Å². The van der Waals surface area contributed by atoms with Gasteiger partial charge in [-0.2, -0.15) is 4.57 Å². The van der Waals surface area contributed by atoms with Crippen molar-refractivity contribution < 1.29 is 9.13 Å². The minimum atomic E-state index is 0.586. The van der Waals surface area contributed by atoms with Crippen LogP contribution in [0.25, 0.3) is 33.5 Å². The first-order valence-corrected chi connectivity index (χ1v) is 17.5. The Labute approximate surface area is 273 Å². The highest BCUT2D eigenvalue weighted by Crippen LogP contribution is 2.35. The van der Waals surface area contributed by atoms with Crippen LogP contribution in [0.3, 0.4) is 0 Å². The topological polar surface area (TPSA) is 17.6 Å². The third kappa shape index (κ3) is 5.18. The molecule has 0 radical (unpaired) electrons. The molecule has 232 valence electrons. The molecule has 1 atom stereocenters. The first kappa shape index (κ1) is 29.0. The van der Waals surface area contributed by atoms with E-state index in [0.717, 1.165) is 51.9 Å². The lowest BCUT2D eigenvalue weighted by atomic mass is 9.88. The summed E-state index contributed by atoms with van der Waals surface area (Å²) in [6.07, 6.45) is 15.3. The maximum absolute atomic E-state index is 2.61. The Bertz CT molecular complexity index is 2070. The van der Waals surface area contributed by atoms with Crippen molar-refractivity contribution in [1.82, 2.24) is 9.13 Å². The van der Waals surface area contributed by atoms with Crippen molar-refractivity contribution in [3.63, 3.8) is 0 Å². The molecule has 0 aliphatic carbocycles. The van der Waals surface area contributed by atoms with E-state index in [9.17, 15) is 0 Å². The number of aromatic nitrogens is 4. The normalized spacial score (nSPS) is 17.1. The first-order valence-electron chi connectivity index (χ1n) is 17.5. The summed E-state index contributed by atoms with van der Waals surface area (Å²) >= 11 is 0. The number of benzene rings is 2. The third-order valence-corrected chi connectivity index (χ3v) is 10.9. The zero-order valence-electron chi connectivity index (χ0n) is 27.5. The summed E-state index contributed by atoms with van der Waals surface area (Å²) in [6, 6.07) is 31.5. The largest absolute Gasteiger partial charge is 0.345 e. The molecule has 0 spiro atoms. The Hall–Kier alpha value is -4.44. The minimum absolute atomic E-state index is 0.586.